The summed E-state index contributed by atoms with van der Waals surface area (Å²) in [6.45, 7) is 0. The van der Waals surface area contributed by atoms with E-state index in [1.54, 1.807) is 11.9 Å². The molecule has 0 radical (unpaired) electrons. The summed E-state index contributed by atoms with van der Waals surface area (Å²) in [5, 5.41) is 4.47. The lowest BCUT2D eigenvalue weighted by molar-refractivity contribution is 0.0387. The van der Waals surface area contributed by atoms with E-state index < -0.39 is 35.2 Å². The minimum absolute atomic E-state index is 0.0714. The standard InChI is InChI=1S/C22H17ClF4N4O/c1-30-21(10-5-14(24)19(27)15(25)6-10)12-7-11-3-2-4-17(20(12)29-30)31(11)22(32)18-13(23)8-28-9-16(18)26/h5-6,8-9,11,17H,2-4,7H2,1H3. The van der Waals surface area contributed by atoms with E-state index in [1.165, 1.54) is 10.9 Å². The number of hydrogen-bond donors (Lipinski definition) is 0. The van der Waals surface area contributed by atoms with Crippen molar-refractivity contribution in [2.75, 3.05) is 0 Å². The zero-order valence-corrected chi connectivity index (χ0v) is 17.6. The van der Waals surface area contributed by atoms with Crippen LogP contribution in [0.5, 0.6) is 0 Å². The normalized spacial score (nSPS) is 19.8. The number of hydrogen-bond acceptors (Lipinski definition) is 3. The van der Waals surface area contributed by atoms with Gasteiger partial charge in [0.2, 0.25) is 0 Å². The van der Waals surface area contributed by atoms with Crippen molar-refractivity contribution in [1.29, 1.82) is 0 Å². The number of aromatic nitrogens is 3. The molecule has 166 valence electrons. The van der Waals surface area contributed by atoms with Gasteiger partial charge >= 0.3 is 0 Å². The maximum atomic E-state index is 14.4. The van der Waals surface area contributed by atoms with Gasteiger partial charge in [0.25, 0.3) is 5.91 Å². The molecule has 4 heterocycles. The SMILES string of the molecule is Cn1nc2c(c1-c1cc(F)c(F)c(F)c1)CC1CCCC2N1C(=O)c1c(F)cncc1Cl. The molecule has 5 nitrogen and oxygen atoms in total. The lowest BCUT2D eigenvalue weighted by atomic mass is 9.81. The monoisotopic (exact) mass is 464 g/mol. The summed E-state index contributed by atoms with van der Waals surface area (Å²) in [6.07, 6.45) is 4.65. The van der Waals surface area contributed by atoms with E-state index in [1.807, 2.05) is 0 Å². The van der Waals surface area contributed by atoms with Crippen molar-refractivity contribution in [1.82, 2.24) is 19.7 Å². The molecule has 1 saturated heterocycles. The highest BCUT2D eigenvalue weighted by molar-refractivity contribution is 6.33. The van der Waals surface area contributed by atoms with Crippen LogP contribution < -0.4 is 0 Å². The number of aryl methyl sites for hydroxylation is 1. The molecule has 0 N–H and O–H groups in total. The average Bonchev–Trinajstić information content (AvgIpc) is 3.06. The lowest BCUT2D eigenvalue weighted by Gasteiger charge is -2.45. The zero-order valence-electron chi connectivity index (χ0n) is 16.9. The molecule has 2 unspecified atom stereocenters. The van der Waals surface area contributed by atoms with E-state index in [-0.39, 0.29) is 22.2 Å². The fourth-order valence-corrected chi connectivity index (χ4v) is 5.17. The summed E-state index contributed by atoms with van der Waals surface area (Å²) in [4.78, 5) is 18.6. The maximum Gasteiger partial charge on any atom is 0.259 e. The first-order valence-electron chi connectivity index (χ1n) is 10.1. The van der Waals surface area contributed by atoms with Crippen LogP contribution in [0.3, 0.4) is 0 Å². The molecule has 1 amide bonds. The van der Waals surface area contributed by atoms with Crippen molar-refractivity contribution in [2.24, 2.45) is 7.05 Å². The van der Waals surface area contributed by atoms with E-state index >= 15 is 0 Å². The largest absolute Gasteiger partial charge is 0.326 e. The fourth-order valence-electron chi connectivity index (χ4n) is 4.95. The Morgan fingerprint density at radius 3 is 2.50 bits per heavy atom. The Hall–Kier alpha value is -2.94. The molecule has 2 aliphatic rings. The molecule has 1 aromatic carbocycles. The van der Waals surface area contributed by atoms with Gasteiger partial charge in [-0.25, -0.2) is 17.6 Å². The van der Waals surface area contributed by atoms with Gasteiger partial charge in [-0.2, -0.15) is 5.10 Å². The number of pyridine rings is 1. The average molecular weight is 465 g/mol. The molecule has 0 aliphatic carbocycles. The molecular weight excluding hydrogens is 448 g/mol. The summed E-state index contributed by atoms with van der Waals surface area (Å²) >= 11 is 6.08. The number of amides is 1. The van der Waals surface area contributed by atoms with Crippen molar-refractivity contribution < 1.29 is 22.4 Å². The second-order valence-electron chi connectivity index (χ2n) is 8.09. The minimum atomic E-state index is -1.53. The molecule has 1 fully saturated rings. The Kier molecular flexibility index (Phi) is 4.96. The summed E-state index contributed by atoms with van der Waals surface area (Å²) in [5.74, 6) is -5.45. The Balaban J connectivity index is 1.62. The highest BCUT2D eigenvalue weighted by Gasteiger charge is 2.44. The molecule has 10 heteroatoms. The Morgan fingerprint density at radius 1 is 1.09 bits per heavy atom. The first kappa shape index (κ1) is 20.9. The van der Waals surface area contributed by atoms with Crippen LogP contribution in [0.15, 0.2) is 24.5 Å². The van der Waals surface area contributed by atoms with Gasteiger partial charge in [-0.1, -0.05) is 11.6 Å². The van der Waals surface area contributed by atoms with E-state index in [0.29, 0.717) is 30.7 Å². The van der Waals surface area contributed by atoms with Gasteiger partial charge in [-0.3, -0.25) is 14.5 Å². The number of benzene rings is 1. The van der Waals surface area contributed by atoms with Crippen LogP contribution >= 0.6 is 11.6 Å². The van der Waals surface area contributed by atoms with Gasteiger partial charge in [-0.15, -0.1) is 0 Å². The minimum Gasteiger partial charge on any atom is -0.326 e. The van der Waals surface area contributed by atoms with Crippen LogP contribution in [0, 0.1) is 23.3 Å². The zero-order chi connectivity index (χ0) is 22.7. The van der Waals surface area contributed by atoms with Crippen LogP contribution in [0.1, 0.15) is 46.9 Å². The highest BCUT2D eigenvalue weighted by atomic mass is 35.5. The Morgan fingerprint density at radius 2 is 1.81 bits per heavy atom. The van der Waals surface area contributed by atoms with Gasteiger partial charge in [0, 0.05) is 30.4 Å². The molecule has 32 heavy (non-hydrogen) atoms. The summed E-state index contributed by atoms with van der Waals surface area (Å²) < 4.78 is 57.2. The van der Waals surface area contributed by atoms with Crippen molar-refractivity contribution >= 4 is 17.5 Å². The first-order chi connectivity index (χ1) is 15.3. The number of carbonyl (C=O) groups is 1. The van der Waals surface area contributed by atoms with Gasteiger partial charge in [0.05, 0.1) is 34.2 Å². The topological polar surface area (TPSA) is 51.0 Å². The fraction of sp³-hybridized carbons (Fsp3) is 0.318. The van der Waals surface area contributed by atoms with E-state index in [9.17, 15) is 22.4 Å². The first-order valence-corrected chi connectivity index (χ1v) is 10.5. The Labute approximate surface area is 185 Å². The van der Waals surface area contributed by atoms with Gasteiger partial charge in [0.1, 0.15) is 0 Å². The molecule has 2 bridgehead atoms. The van der Waals surface area contributed by atoms with Crippen LogP contribution in [0.2, 0.25) is 5.02 Å². The molecule has 3 aromatic rings. The summed E-state index contributed by atoms with van der Waals surface area (Å²) in [6, 6.07) is 1.17. The summed E-state index contributed by atoms with van der Waals surface area (Å²) in [5.41, 5.74) is 1.73. The predicted molar refractivity (Wildman–Crippen MR) is 108 cm³/mol. The maximum absolute atomic E-state index is 14.4. The number of rotatable bonds is 2. The van der Waals surface area contributed by atoms with Crippen LogP contribution in [0.4, 0.5) is 17.6 Å². The molecule has 2 aliphatic heterocycles. The molecule has 0 spiro atoms. The predicted octanol–water partition coefficient (Wildman–Crippen LogP) is 4.98. The molecule has 5 rings (SSSR count). The Bertz CT molecular complexity index is 1220. The quantitative estimate of drug-likeness (QED) is 0.397. The van der Waals surface area contributed by atoms with Crippen LogP contribution in [0.25, 0.3) is 11.3 Å². The molecular formula is C22H17ClF4N4O. The van der Waals surface area contributed by atoms with Gasteiger partial charge in [-0.05, 0) is 37.8 Å². The van der Waals surface area contributed by atoms with Crippen LogP contribution in [-0.2, 0) is 13.5 Å². The number of halogens is 5. The number of nitrogens with zero attached hydrogens (tertiary/aromatic N) is 4. The van der Waals surface area contributed by atoms with Crippen molar-refractivity contribution in [3.63, 3.8) is 0 Å². The van der Waals surface area contributed by atoms with E-state index in [0.717, 1.165) is 30.3 Å². The number of carbonyl (C=O) groups excluding carboxylic acids is 1. The third-order valence-corrected chi connectivity index (χ3v) is 6.52. The highest BCUT2D eigenvalue weighted by Crippen LogP contribution is 2.45. The second-order valence-corrected chi connectivity index (χ2v) is 8.49. The smallest absolute Gasteiger partial charge is 0.259 e. The van der Waals surface area contributed by atoms with Crippen molar-refractivity contribution in [3.05, 3.63) is 69.6 Å². The van der Waals surface area contributed by atoms with Crippen molar-refractivity contribution in [2.45, 2.75) is 37.8 Å². The second kappa shape index (κ2) is 7.58. The van der Waals surface area contributed by atoms with E-state index in [4.69, 9.17) is 11.6 Å². The number of piperidine rings is 1. The van der Waals surface area contributed by atoms with E-state index in [2.05, 4.69) is 10.1 Å². The van der Waals surface area contributed by atoms with Gasteiger partial charge < -0.3 is 4.90 Å². The van der Waals surface area contributed by atoms with Gasteiger partial charge in [0.15, 0.2) is 23.3 Å². The number of fused-ring (bicyclic) bond motifs is 4. The van der Waals surface area contributed by atoms with Crippen molar-refractivity contribution in [3.8, 4) is 11.3 Å². The lowest BCUT2D eigenvalue weighted by Crippen LogP contribution is -2.50. The third kappa shape index (κ3) is 3.09. The third-order valence-electron chi connectivity index (χ3n) is 6.23. The molecule has 2 aromatic heterocycles. The molecule has 2 atom stereocenters. The summed E-state index contributed by atoms with van der Waals surface area (Å²) in [7, 11) is 1.63. The molecule has 0 saturated carbocycles. The van der Waals surface area contributed by atoms with Crippen LogP contribution in [-0.4, -0.2) is 31.6 Å².